The van der Waals surface area contributed by atoms with Crippen molar-refractivity contribution in [3.8, 4) is 0 Å². The minimum atomic E-state index is -1.95. The van der Waals surface area contributed by atoms with Crippen molar-refractivity contribution in [3.63, 3.8) is 0 Å². The van der Waals surface area contributed by atoms with Crippen LogP contribution in [0.1, 0.15) is 6.92 Å². The first-order chi connectivity index (χ1) is 10.6. The fourth-order valence-electron chi connectivity index (χ4n) is 2.49. The fourth-order valence-corrected chi connectivity index (χ4v) is 2.49. The van der Waals surface area contributed by atoms with Crippen molar-refractivity contribution in [2.45, 2.75) is 68.3 Å². The van der Waals surface area contributed by atoms with E-state index in [1.807, 2.05) is 0 Å². The Kier molecular flexibility index (Phi) is 5.56. The zero-order valence-corrected chi connectivity index (χ0v) is 12.0. The van der Waals surface area contributed by atoms with Gasteiger partial charge in [0.15, 0.2) is 18.7 Å². The van der Waals surface area contributed by atoms with Gasteiger partial charge in [-0.05, 0) is 6.92 Å². The summed E-state index contributed by atoms with van der Waals surface area (Å²) in [5, 5.41) is 67.3. The van der Waals surface area contributed by atoms with Crippen LogP contribution in [0.4, 0.5) is 0 Å². The first kappa shape index (κ1) is 18.4. The van der Waals surface area contributed by atoms with Gasteiger partial charge >= 0.3 is 5.97 Å². The van der Waals surface area contributed by atoms with E-state index in [-0.39, 0.29) is 0 Å². The summed E-state index contributed by atoms with van der Waals surface area (Å²) < 4.78 is 14.9. The molecule has 0 aliphatic carbocycles. The summed E-state index contributed by atoms with van der Waals surface area (Å²) in [7, 11) is 0. The maximum absolute atomic E-state index is 11.0. The summed E-state index contributed by atoms with van der Waals surface area (Å²) in [6.07, 6.45) is -16.4. The second-order valence-corrected chi connectivity index (χ2v) is 5.55. The Hall–Kier alpha value is -0.890. The highest BCUT2D eigenvalue weighted by Crippen LogP contribution is 2.28. The number of carboxylic acid groups (broad SMARTS) is 1. The second kappa shape index (κ2) is 6.93. The Bertz CT molecular complexity index is 431. The normalized spacial score (nSPS) is 51.4. The molecule has 134 valence electrons. The molecule has 11 nitrogen and oxygen atoms in total. The van der Waals surface area contributed by atoms with Crippen LogP contribution in [0.2, 0.25) is 0 Å². The largest absolute Gasteiger partial charge is 0.479 e. The van der Waals surface area contributed by atoms with Crippen LogP contribution >= 0.6 is 0 Å². The minimum Gasteiger partial charge on any atom is -0.479 e. The Labute approximate surface area is 130 Å². The van der Waals surface area contributed by atoms with Crippen molar-refractivity contribution in [1.82, 2.24) is 0 Å². The van der Waals surface area contributed by atoms with Gasteiger partial charge in [0.25, 0.3) is 0 Å². The van der Waals surface area contributed by atoms with Crippen LogP contribution in [0.3, 0.4) is 0 Å². The lowest BCUT2D eigenvalue weighted by Crippen LogP contribution is -2.64. The van der Waals surface area contributed by atoms with Crippen molar-refractivity contribution in [2.75, 3.05) is 0 Å². The molecule has 2 rings (SSSR count). The molecule has 0 aromatic carbocycles. The average Bonchev–Trinajstić information content (AvgIpc) is 2.49. The van der Waals surface area contributed by atoms with Gasteiger partial charge in [0.1, 0.15) is 36.6 Å². The Balaban J connectivity index is 2.14. The Morgan fingerprint density at radius 2 is 1.48 bits per heavy atom. The number of rotatable bonds is 3. The molecule has 0 spiro atoms. The highest BCUT2D eigenvalue weighted by atomic mass is 16.7. The van der Waals surface area contributed by atoms with Crippen molar-refractivity contribution >= 4 is 5.97 Å². The minimum absolute atomic E-state index is 0.937. The Morgan fingerprint density at radius 3 is 2.04 bits per heavy atom. The number of hydrogen-bond acceptors (Lipinski definition) is 10. The standard InChI is InChI=1S/C12H20O11/c1-2-3(13)4(14)5(15)12(21-2)23-8-6(16)9(10(18)19)22-11(20)7(8)17/h2-9,11-17,20H,1H3,(H,18,19)/t2-,3-,4+,5+,6-,7+,8-,9-,11+,12-/m0/s1. The lowest BCUT2D eigenvalue weighted by molar-refractivity contribution is -0.348. The zero-order chi connectivity index (χ0) is 17.5. The fraction of sp³-hybridized carbons (Fsp3) is 0.917. The van der Waals surface area contributed by atoms with Gasteiger partial charge in [-0.3, -0.25) is 0 Å². The van der Waals surface area contributed by atoms with E-state index in [0.717, 1.165) is 0 Å². The SMILES string of the molecule is C[C@@H]1O[C@@H](O[C@@H]2[C@@H](O)[C@H](O)O[C@H](C(=O)O)[C@H]2O)[C@H](O)[C@H](O)[C@H]1O. The molecule has 7 N–H and O–H groups in total. The number of aliphatic hydroxyl groups is 6. The van der Waals surface area contributed by atoms with Crippen LogP contribution in [0.15, 0.2) is 0 Å². The van der Waals surface area contributed by atoms with Crippen LogP contribution in [0, 0.1) is 0 Å². The summed E-state index contributed by atoms with van der Waals surface area (Å²) in [4.78, 5) is 11.0. The smallest absolute Gasteiger partial charge is 0.335 e. The van der Waals surface area contributed by atoms with Crippen molar-refractivity contribution in [3.05, 3.63) is 0 Å². The van der Waals surface area contributed by atoms with Gasteiger partial charge in [0.2, 0.25) is 0 Å². The summed E-state index contributed by atoms with van der Waals surface area (Å²) in [5.74, 6) is -1.59. The lowest BCUT2D eigenvalue weighted by Gasteiger charge is -2.44. The third-order valence-corrected chi connectivity index (χ3v) is 3.90. The summed E-state index contributed by atoms with van der Waals surface area (Å²) in [6, 6.07) is 0. The molecular weight excluding hydrogens is 320 g/mol. The van der Waals surface area contributed by atoms with Crippen LogP contribution in [0.25, 0.3) is 0 Å². The molecule has 2 aliphatic heterocycles. The van der Waals surface area contributed by atoms with Crippen molar-refractivity contribution < 1.29 is 54.8 Å². The molecule has 10 atom stereocenters. The number of aliphatic carboxylic acids is 1. The summed E-state index contributed by atoms with van der Waals surface area (Å²) >= 11 is 0. The molecule has 0 bridgehead atoms. The van der Waals surface area contributed by atoms with E-state index >= 15 is 0 Å². The molecule has 0 aromatic heterocycles. The monoisotopic (exact) mass is 340 g/mol. The average molecular weight is 340 g/mol. The molecule has 0 aromatic rings. The highest BCUT2D eigenvalue weighted by Gasteiger charge is 2.51. The maximum Gasteiger partial charge on any atom is 0.335 e. The van der Waals surface area contributed by atoms with Gasteiger partial charge in [-0.2, -0.15) is 0 Å². The van der Waals surface area contributed by atoms with Gasteiger partial charge < -0.3 is 50.0 Å². The quantitative estimate of drug-likeness (QED) is 0.263. The second-order valence-electron chi connectivity index (χ2n) is 5.55. The van der Waals surface area contributed by atoms with E-state index in [4.69, 9.17) is 14.6 Å². The first-order valence-corrected chi connectivity index (χ1v) is 6.92. The molecule has 0 radical (unpaired) electrons. The molecule has 23 heavy (non-hydrogen) atoms. The molecule has 2 aliphatic rings. The van der Waals surface area contributed by atoms with Gasteiger partial charge in [0.05, 0.1) is 6.10 Å². The van der Waals surface area contributed by atoms with Crippen LogP contribution in [-0.4, -0.2) is 103 Å². The zero-order valence-electron chi connectivity index (χ0n) is 12.0. The predicted molar refractivity (Wildman–Crippen MR) is 67.8 cm³/mol. The Morgan fingerprint density at radius 1 is 0.870 bits per heavy atom. The van der Waals surface area contributed by atoms with Gasteiger partial charge in [0, 0.05) is 0 Å². The molecule has 0 saturated carbocycles. The number of hydrogen-bond donors (Lipinski definition) is 7. The summed E-state index contributed by atoms with van der Waals surface area (Å²) in [5.41, 5.74) is 0. The number of carboxylic acids is 1. The molecule has 0 unspecified atom stereocenters. The summed E-state index contributed by atoms with van der Waals surface area (Å²) in [6.45, 7) is 1.39. The third-order valence-electron chi connectivity index (χ3n) is 3.90. The molecule has 2 saturated heterocycles. The van der Waals surface area contributed by atoms with E-state index in [1.165, 1.54) is 6.92 Å². The lowest BCUT2D eigenvalue weighted by atomic mass is 9.97. The van der Waals surface area contributed by atoms with Crippen molar-refractivity contribution in [1.29, 1.82) is 0 Å². The molecule has 0 amide bonds. The van der Waals surface area contributed by atoms with Gasteiger partial charge in [-0.25, -0.2) is 4.79 Å². The topological polar surface area (TPSA) is 186 Å². The number of aliphatic hydroxyl groups excluding tert-OH is 6. The highest BCUT2D eigenvalue weighted by molar-refractivity contribution is 5.73. The predicted octanol–water partition coefficient (Wildman–Crippen LogP) is -4.28. The molecule has 2 heterocycles. The molecule has 11 heteroatoms. The number of carbonyl (C=O) groups is 1. The number of ether oxygens (including phenoxy) is 3. The van der Waals surface area contributed by atoms with E-state index in [2.05, 4.69) is 4.74 Å². The molecule has 2 fully saturated rings. The van der Waals surface area contributed by atoms with Crippen LogP contribution in [-0.2, 0) is 19.0 Å². The van der Waals surface area contributed by atoms with Gasteiger partial charge in [-0.15, -0.1) is 0 Å². The van der Waals surface area contributed by atoms with Crippen LogP contribution < -0.4 is 0 Å². The van der Waals surface area contributed by atoms with Crippen molar-refractivity contribution in [2.24, 2.45) is 0 Å². The van der Waals surface area contributed by atoms with E-state index < -0.39 is 67.4 Å². The molecular formula is C12H20O11. The van der Waals surface area contributed by atoms with Gasteiger partial charge in [-0.1, -0.05) is 0 Å². The van der Waals surface area contributed by atoms with E-state index in [1.54, 1.807) is 0 Å². The van der Waals surface area contributed by atoms with E-state index in [9.17, 15) is 35.4 Å². The van der Waals surface area contributed by atoms with E-state index in [0.29, 0.717) is 0 Å². The first-order valence-electron chi connectivity index (χ1n) is 6.92. The maximum atomic E-state index is 11.0. The van der Waals surface area contributed by atoms with Crippen LogP contribution in [0.5, 0.6) is 0 Å². The third kappa shape index (κ3) is 3.47.